The molecular formula is C8H11FO3S. The molecule has 0 bridgehead atoms. The second-order valence-corrected chi connectivity index (χ2v) is 5.79. The summed E-state index contributed by atoms with van der Waals surface area (Å²) < 4.78 is 43.1. The molecule has 0 fully saturated rings. The molecule has 1 aromatic rings. The number of hydrogen-bond donors (Lipinski definition) is 2. The maximum Gasteiger partial charge on any atom is 0.141 e. The molecule has 0 amide bonds. The lowest BCUT2D eigenvalue weighted by atomic mass is 10.3. The molecule has 0 atom stereocenters. The molecule has 0 unspecified atom stereocenters. The summed E-state index contributed by atoms with van der Waals surface area (Å²) in [5.74, 6) is -1.29. The summed E-state index contributed by atoms with van der Waals surface area (Å²) in [6.45, 7) is 1.32. The molecule has 0 radical (unpaired) electrons. The Balaban J connectivity index is 3.40. The number of rotatable bonds is 2. The van der Waals surface area contributed by atoms with Crippen LogP contribution in [0.3, 0.4) is 0 Å². The van der Waals surface area contributed by atoms with Crippen molar-refractivity contribution in [3.63, 3.8) is 0 Å². The van der Waals surface area contributed by atoms with Crippen LogP contribution in [-0.4, -0.2) is 19.1 Å². The molecule has 0 aliphatic rings. The Hall–Kier alpha value is -0.780. The summed E-state index contributed by atoms with van der Waals surface area (Å²) in [5.41, 5.74) is 0. The van der Waals surface area contributed by atoms with Crippen molar-refractivity contribution in [2.75, 3.05) is 5.75 Å². The molecule has 0 heterocycles. The van der Waals surface area contributed by atoms with Gasteiger partial charge in [0, 0.05) is 5.75 Å². The van der Waals surface area contributed by atoms with Crippen LogP contribution in [0.5, 0.6) is 0 Å². The Morgan fingerprint density at radius 3 is 2.38 bits per heavy atom. The first-order chi connectivity index (χ1) is 5.85. The minimum absolute atomic E-state index is 0.419. The third-order valence-corrected chi connectivity index (χ3v) is 4.05. The highest BCUT2D eigenvalue weighted by atomic mass is 32.3. The van der Waals surface area contributed by atoms with E-state index < -0.39 is 26.1 Å². The predicted molar refractivity (Wildman–Crippen MR) is 48.6 cm³/mol. The average Bonchev–Trinajstić information content (AvgIpc) is 2.04. The number of halogens is 1. The van der Waals surface area contributed by atoms with Gasteiger partial charge in [0.05, 0.1) is 4.90 Å². The summed E-state index contributed by atoms with van der Waals surface area (Å²) in [4.78, 5) is -0.540. The summed E-state index contributed by atoms with van der Waals surface area (Å²) >= 11 is 0. The average molecular weight is 206 g/mol. The minimum Gasteiger partial charge on any atom is -0.304 e. The predicted octanol–water partition coefficient (Wildman–Crippen LogP) is 1.97. The Bertz CT molecular complexity index is 383. The highest BCUT2D eigenvalue weighted by Crippen LogP contribution is 2.30. The van der Waals surface area contributed by atoms with Crippen LogP contribution in [0.4, 0.5) is 4.39 Å². The second kappa shape index (κ2) is 2.87. The van der Waals surface area contributed by atoms with Crippen LogP contribution in [0.2, 0.25) is 0 Å². The molecule has 0 spiro atoms. The van der Waals surface area contributed by atoms with Crippen molar-refractivity contribution < 1.29 is 17.7 Å². The lowest BCUT2D eigenvalue weighted by Crippen LogP contribution is -2.34. The zero-order valence-corrected chi connectivity index (χ0v) is 7.92. The highest BCUT2D eigenvalue weighted by Gasteiger charge is 2.32. The molecule has 1 rings (SSSR count). The van der Waals surface area contributed by atoms with Gasteiger partial charge in [-0.15, -0.1) is 0 Å². The molecule has 13 heavy (non-hydrogen) atoms. The van der Waals surface area contributed by atoms with Gasteiger partial charge in [0.2, 0.25) is 0 Å². The van der Waals surface area contributed by atoms with Gasteiger partial charge in [0.15, 0.2) is 0 Å². The van der Waals surface area contributed by atoms with Crippen molar-refractivity contribution >= 4 is 9.63 Å². The van der Waals surface area contributed by atoms with Crippen LogP contribution in [0.1, 0.15) is 6.92 Å². The Morgan fingerprint density at radius 2 is 1.92 bits per heavy atom. The van der Waals surface area contributed by atoms with E-state index in [1.807, 2.05) is 0 Å². The molecule has 0 saturated heterocycles. The molecule has 0 aliphatic carbocycles. The fourth-order valence-corrected chi connectivity index (χ4v) is 2.06. The highest BCUT2D eigenvalue weighted by molar-refractivity contribution is 8.10. The van der Waals surface area contributed by atoms with Gasteiger partial charge in [-0.2, -0.15) is 0 Å². The summed E-state index contributed by atoms with van der Waals surface area (Å²) in [5, 5.41) is 0. The van der Waals surface area contributed by atoms with Gasteiger partial charge < -0.3 is 9.11 Å². The van der Waals surface area contributed by atoms with E-state index in [2.05, 4.69) is 0 Å². The molecule has 5 heteroatoms. The second-order valence-electron chi connectivity index (χ2n) is 2.74. The molecule has 0 saturated carbocycles. The van der Waals surface area contributed by atoms with Gasteiger partial charge in [0.25, 0.3) is 0 Å². The van der Waals surface area contributed by atoms with E-state index in [0.717, 1.165) is 12.1 Å². The van der Waals surface area contributed by atoms with Gasteiger partial charge in [-0.1, -0.05) is 19.1 Å². The zero-order chi connectivity index (χ0) is 10.1. The van der Waals surface area contributed by atoms with Crippen molar-refractivity contribution in [2.24, 2.45) is 0 Å². The van der Waals surface area contributed by atoms with Crippen molar-refractivity contribution in [3.05, 3.63) is 30.1 Å². The van der Waals surface area contributed by atoms with Crippen LogP contribution >= 0.6 is 0 Å². The molecule has 2 N–H and O–H groups in total. The van der Waals surface area contributed by atoms with Crippen LogP contribution in [0.15, 0.2) is 29.2 Å². The van der Waals surface area contributed by atoms with Gasteiger partial charge >= 0.3 is 0 Å². The summed E-state index contributed by atoms with van der Waals surface area (Å²) in [6, 6.07) is 4.92. The SMILES string of the molecule is CCS(=O)(O)(O)c1ccccc1F. The molecule has 0 aromatic heterocycles. The number of benzene rings is 1. The van der Waals surface area contributed by atoms with E-state index in [1.165, 1.54) is 19.1 Å². The van der Waals surface area contributed by atoms with E-state index in [0.29, 0.717) is 0 Å². The first-order valence-corrected chi connectivity index (χ1v) is 5.80. The Morgan fingerprint density at radius 1 is 1.38 bits per heavy atom. The monoisotopic (exact) mass is 206 g/mol. The molecule has 74 valence electrons. The van der Waals surface area contributed by atoms with E-state index in [-0.39, 0.29) is 0 Å². The third kappa shape index (κ3) is 1.93. The Kier molecular flexibility index (Phi) is 2.27. The van der Waals surface area contributed by atoms with E-state index in [9.17, 15) is 17.7 Å². The molecular weight excluding hydrogens is 195 g/mol. The van der Waals surface area contributed by atoms with Crippen LogP contribution in [-0.2, 0) is 9.63 Å². The quantitative estimate of drug-likeness (QED) is 0.777. The van der Waals surface area contributed by atoms with Crippen molar-refractivity contribution in [1.82, 2.24) is 0 Å². The van der Waals surface area contributed by atoms with Gasteiger partial charge in [-0.25, -0.2) is 8.60 Å². The Labute approximate surface area is 75.6 Å². The third-order valence-electron chi connectivity index (χ3n) is 1.80. The summed E-state index contributed by atoms with van der Waals surface area (Å²) in [7, 11) is -4.94. The van der Waals surface area contributed by atoms with Gasteiger partial charge in [0.1, 0.15) is 15.4 Å². The van der Waals surface area contributed by atoms with Gasteiger partial charge in [-0.3, -0.25) is 0 Å². The van der Waals surface area contributed by atoms with Crippen LogP contribution in [0, 0.1) is 5.82 Å². The van der Waals surface area contributed by atoms with Crippen LogP contribution < -0.4 is 0 Å². The lowest BCUT2D eigenvalue weighted by molar-refractivity contribution is 0.385. The largest absolute Gasteiger partial charge is 0.304 e. The smallest absolute Gasteiger partial charge is 0.141 e. The standard InChI is InChI=1S/C8H11FO3S/c1-2-13(10,11,12)8-6-4-3-5-7(8)9/h3-6H,2H2,1H3,(H2,10,11,12). The lowest BCUT2D eigenvalue weighted by Gasteiger charge is -2.29. The fourth-order valence-electron chi connectivity index (χ4n) is 0.933. The van der Waals surface area contributed by atoms with Gasteiger partial charge in [-0.05, 0) is 12.1 Å². The van der Waals surface area contributed by atoms with E-state index >= 15 is 0 Å². The van der Waals surface area contributed by atoms with Crippen molar-refractivity contribution in [1.29, 1.82) is 0 Å². The molecule has 1 aromatic carbocycles. The first-order valence-electron chi connectivity index (χ1n) is 3.75. The molecule has 3 nitrogen and oxygen atoms in total. The van der Waals surface area contributed by atoms with E-state index in [4.69, 9.17) is 0 Å². The van der Waals surface area contributed by atoms with Crippen molar-refractivity contribution in [3.8, 4) is 0 Å². The maximum atomic E-state index is 13.0. The normalized spacial score (nSPS) is 14.9. The fraction of sp³-hybridized carbons (Fsp3) is 0.250. The van der Waals surface area contributed by atoms with Crippen LogP contribution in [0.25, 0.3) is 0 Å². The topological polar surface area (TPSA) is 57.5 Å². The maximum absolute atomic E-state index is 13.0. The van der Waals surface area contributed by atoms with Crippen molar-refractivity contribution in [2.45, 2.75) is 11.8 Å². The number of hydrogen-bond acceptors (Lipinski definition) is 1. The molecule has 0 aliphatic heterocycles. The zero-order valence-electron chi connectivity index (χ0n) is 7.11. The van der Waals surface area contributed by atoms with E-state index in [1.54, 1.807) is 0 Å². The minimum atomic E-state index is -4.94. The first kappa shape index (κ1) is 10.3. The summed E-state index contributed by atoms with van der Waals surface area (Å²) in [6.07, 6.45) is 0.